The van der Waals surface area contributed by atoms with Crippen molar-refractivity contribution in [3.63, 3.8) is 0 Å². The van der Waals surface area contributed by atoms with Gasteiger partial charge in [0.1, 0.15) is 0 Å². The Balaban J connectivity index is 2.62. The van der Waals surface area contributed by atoms with Gasteiger partial charge in [0.2, 0.25) is 15.3 Å². The number of amides is 1. The summed E-state index contributed by atoms with van der Waals surface area (Å²) in [5, 5.41) is 0. The van der Waals surface area contributed by atoms with Crippen LogP contribution in [0.4, 0.5) is 4.79 Å². The Labute approximate surface area is 186 Å². The lowest BCUT2D eigenvalue weighted by Gasteiger charge is -2.34. The molecule has 31 heavy (non-hydrogen) atoms. The third-order valence-electron chi connectivity index (χ3n) is 5.16. The van der Waals surface area contributed by atoms with Gasteiger partial charge >= 0.3 is 6.09 Å². The minimum Gasteiger partial charge on any atom is -0.428 e. The van der Waals surface area contributed by atoms with Gasteiger partial charge in [0.05, 0.1) is 10.8 Å². The molecule has 0 aromatic heterocycles. The molecule has 168 valence electrons. The smallest absolute Gasteiger partial charge is 0.411 e. The average molecular weight is 444 g/mol. The maximum Gasteiger partial charge on any atom is 0.411 e. The third kappa shape index (κ3) is 5.76. The fraction of sp³-hybridized carbons (Fsp3) is 0.400. The van der Waals surface area contributed by atoms with Crippen LogP contribution in [-0.2, 0) is 14.6 Å². The zero-order valence-electron chi connectivity index (χ0n) is 19.2. The largest absolute Gasteiger partial charge is 0.428 e. The highest BCUT2D eigenvalue weighted by molar-refractivity contribution is 7.92. The molecule has 0 bridgehead atoms. The summed E-state index contributed by atoms with van der Waals surface area (Å²) in [6.07, 6.45) is -0.659. The molecule has 2 aromatic carbocycles. The summed E-state index contributed by atoms with van der Waals surface area (Å²) in [6.45, 7) is 15.2. The lowest BCUT2D eigenvalue weighted by Crippen LogP contribution is -2.46. The summed E-state index contributed by atoms with van der Waals surface area (Å²) < 4.78 is 33.2. The third-order valence-corrected chi connectivity index (χ3v) is 7.07. The summed E-state index contributed by atoms with van der Waals surface area (Å²) >= 11 is 0. The van der Waals surface area contributed by atoms with Crippen LogP contribution in [0.3, 0.4) is 0 Å². The van der Waals surface area contributed by atoms with E-state index in [1.807, 2.05) is 65.0 Å². The first-order valence-electron chi connectivity index (χ1n) is 10.5. The molecule has 0 aliphatic heterocycles. The van der Waals surface area contributed by atoms with E-state index in [1.165, 1.54) is 4.90 Å². The molecule has 0 radical (unpaired) electrons. The van der Waals surface area contributed by atoms with Crippen molar-refractivity contribution in [3.8, 4) is 0 Å². The van der Waals surface area contributed by atoms with Crippen molar-refractivity contribution in [1.29, 1.82) is 0 Å². The maximum absolute atomic E-state index is 13.7. The van der Waals surface area contributed by atoms with Crippen LogP contribution in [-0.4, -0.2) is 36.9 Å². The van der Waals surface area contributed by atoms with Crippen molar-refractivity contribution >= 4 is 15.9 Å². The number of hydrogen-bond donors (Lipinski definition) is 0. The quantitative estimate of drug-likeness (QED) is 0.490. The molecule has 0 saturated carbocycles. The van der Waals surface area contributed by atoms with E-state index in [2.05, 4.69) is 6.58 Å². The molecule has 6 heteroatoms. The van der Waals surface area contributed by atoms with Crippen LogP contribution in [0.1, 0.15) is 51.7 Å². The first kappa shape index (κ1) is 24.7. The van der Waals surface area contributed by atoms with Crippen molar-refractivity contribution < 1.29 is 17.9 Å². The number of nitrogens with zero attached hydrogens (tertiary/aromatic N) is 1. The molecule has 0 heterocycles. The first-order chi connectivity index (χ1) is 14.5. The Morgan fingerprint density at radius 3 is 1.90 bits per heavy atom. The van der Waals surface area contributed by atoms with Crippen LogP contribution >= 0.6 is 0 Å². The second-order valence-corrected chi connectivity index (χ2v) is 10.5. The van der Waals surface area contributed by atoms with Gasteiger partial charge in [-0.15, -0.1) is 0 Å². The molecule has 0 saturated heterocycles. The van der Waals surface area contributed by atoms with E-state index < -0.39 is 27.3 Å². The van der Waals surface area contributed by atoms with Crippen molar-refractivity contribution in [3.05, 3.63) is 77.9 Å². The highest BCUT2D eigenvalue weighted by atomic mass is 32.2. The van der Waals surface area contributed by atoms with Gasteiger partial charge in [-0.1, -0.05) is 60.2 Å². The predicted molar refractivity (Wildman–Crippen MR) is 125 cm³/mol. The number of ether oxygens (including phenoxy) is 1. The molecule has 2 atom stereocenters. The van der Waals surface area contributed by atoms with E-state index in [4.69, 9.17) is 4.74 Å². The summed E-state index contributed by atoms with van der Waals surface area (Å²) in [4.78, 5) is 14.8. The summed E-state index contributed by atoms with van der Waals surface area (Å²) in [6, 6.07) is 15.5. The Bertz CT molecular complexity index is 988. The van der Waals surface area contributed by atoms with Crippen LogP contribution in [0.5, 0.6) is 0 Å². The average Bonchev–Trinajstić information content (AvgIpc) is 2.67. The summed E-state index contributed by atoms with van der Waals surface area (Å²) in [5.41, 5.74) is 0.824. The maximum atomic E-state index is 13.7. The molecule has 2 rings (SSSR count). The van der Waals surface area contributed by atoms with Gasteiger partial charge in [-0.2, -0.15) is 0 Å². The minimum absolute atomic E-state index is 0.110. The van der Waals surface area contributed by atoms with Crippen LogP contribution in [0.2, 0.25) is 0 Å². The van der Waals surface area contributed by atoms with Gasteiger partial charge in [0.25, 0.3) is 0 Å². The topological polar surface area (TPSA) is 63.7 Å². The normalized spacial score (nSPS) is 13.7. The van der Waals surface area contributed by atoms with Crippen LogP contribution in [0.25, 0.3) is 0 Å². The number of carbonyl (C=O) groups excluding carboxylic acids is 1. The van der Waals surface area contributed by atoms with Crippen molar-refractivity contribution in [2.75, 3.05) is 0 Å². The van der Waals surface area contributed by atoms with E-state index in [0.717, 1.165) is 11.1 Å². The molecular formula is C25H33NO4S. The molecule has 2 aromatic rings. The highest BCUT2D eigenvalue weighted by Crippen LogP contribution is 2.35. The minimum atomic E-state index is -4.02. The van der Waals surface area contributed by atoms with Gasteiger partial charge in [-0.3, -0.25) is 0 Å². The van der Waals surface area contributed by atoms with E-state index >= 15 is 0 Å². The summed E-state index contributed by atoms with van der Waals surface area (Å²) in [7, 11) is -4.02. The Morgan fingerprint density at radius 2 is 1.45 bits per heavy atom. The number of hydrogen-bond acceptors (Lipinski definition) is 4. The molecule has 0 aliphatic rings. The van der Waals surface area contributed by atoms with Crippen molar-refractivity contribution in [1.82, 2.24) is 4.90 Å². The molecule has 0 fully saturated rings. The van der Waals surface area contributed by atoms with E-state index in [0.29, 0.717) is 5.57 Å². The summed E-state index contributed by atoms with van der Waals surface area (Å²) in [5.74, 6) is -0.711. The number of benzene rings is 2. The number of aryl methyl sites for hydroxylation is 1. The fourth-order valence-electron chi connectivity index (χ4n) is 3.69. The molecular weight excluding hydrogens is 410 g/mol. The molecule has 0 N–H and O–H groups in total. The van der Waals surface area contributed by atoms with Crippen LogP contribution in [0, 0.1) is 6.92 Å². The zero-order chi connectivity index (χ0) is 23.3. The lowest BCUT2D eigenvalue weighted by atomic mass is 9.93. The molecule has 2 unspecified atom stereocenters. The Morgan fingerprint density at radius 1 is 0.935 bits per heavy atom. The predicted octanol–water partition coefficient (Wildman–Crippen LogP) is 5.71. The van der Waals surface area contributed by atoms with Gasteiger partial charge < -0.3 is 9.64 Å². The first-order valence-corrected chi connectivity index (χ1v) is 12.0. The monoisotopic (exact) mass is 443 g/mol. The Kier molecular flexibility index (Phi) is 8.07. The molecule has 1 amide bonds. The second-order valence-electron chi connectivity index (χ2n) is 8.44. The standard InChI is InChI=1S/C25H33NO4S/c1-17(2)23(21-11-9-8-10-12-21)24(30-25(27)26(18(3)4)19(5)6)31(28,29)22-15-13-20(7)14-16-22/h8-16,18-19,23-24H,1H2,2-7H3. The Hall–Kier alpha value is -2.60. The molecule has 0 aliphatic carbocycles. The second kappa shape index (κ2) is 10.1. The highest BCUT2D eigenvalue weighted by Gasteiger charge is 2.41. The van der Waals surface area contributed by atoms with Gasteiger partial charge in [0, 0.05) is 12.1 Å². The van der Waals surface area contributed by atoms with Crippen molar-refractivity contribution in [2.45, 2.75) is 69.9 Å². The van der Waals surface area contributed by atoms with E-state index in [-0.39, 0.29) is 17.0 Å². The van der Waals surface area contributed by atoms with Gasteiger partial charge in [-0.05, 0) is 59.2 Å². The lowest BCUT2D eigenvalue weighted by molar-refractivity contribution is 0.0641. The number of sulfone groups is 1. The number of rotatable bonds is 8. The molecule has 0 spiro atoms. The van der Waals surface area contributed by atoms with E-state index in [9.17, 15) is 13.2 Å². The SMILES string of the molecule is C=C(C)C(c1ccccc1)C(OC(=O)N(C(C)C)C(C)C)S(=O)(=O)c1ccc(C)cc1. The zero-order valence-corrected chi connectivity index (χ0v) is 20.0. The van der Waals surface area contributed by atoms with Gasteiger partial charge in [0.15, 0.2) is 0 Å². The fourth-order valence-corrected chi connectivity index (χ4v) is 5.43. The van der Waals surface area contributed by atoms with Gasteiger partial charge in [-0.25, -0.2) is 13.2 Å². The van der Waals surface area contributed by atoms with Crippen molar-refractivity contribution in [2.24, 2.45) is 0 Å². The number of carbonyl (C=O) groups is 1. The van der Waals surface area contributed by atoms with Crippen LogP contribution in [0.15, 0.2) is 71.6 Å². The molecule has 5 nitrogen and oxygen atoms in total. The van der Waals surface area contributed by atoms with Crippen LogP contribution < -0.4 is 0 Å². The van der Waals surface area contributed by atoms with E-state index in [1.54, 1.807) is 31.2 Å².